The zero-order valence-corrected chi connectivity index (χ0v) is 16.7. The first-order valence-corrected chi connectivity index (χ1v) is 8.78. The van der Waals surface area contributed by atoms with Crippen molar-refractivity contribution in [3.05, 3.63) is 35.9 Å². The maximum Gasteiger partial charge on any atom is 0.193 e. The van der Waals surface area contributed by atoms with Gasteiger partial charge in [0.05, 0.1) is 0 Å². The van der Waals surface area contributed by atoms with Crippen molar-refractivity contribution in [1.29, 1.82) is 0 Å². The second kappa shape index (κ2) is 8.90. The lowest BCUT2D eigenvalue weighted by Gasteiger charge is -2.39. The molecule has 1 aromatic rings. The first kappa shape index (κ1) is 18.6. The molecule has 1 N–H and O–H groups in total. The van der Waals surface area contributed by atoms with E-state index in [9.17, 15) is 0 Å². The number of benzene rings is 1. The minimum absolute atomic E-state index is 0. The van der Waals surface area contributed by atoms with Crippen LogP contribution < -0.4 is 5.32 Å². The van der Waals surface area contributed by atoms with Gasteiger partial charge in [0.2, 0.25) is 0 Å². The summed E-state index contributed by atoms with van der Waals surface area (Å²) in [4.78, 5) is 6.93. The van der Waals surface area contributed by atoms with E-state index in [1.807, 2.05) is 7.05 Å². The molecule has 3 nitrogen and oxygen atoms in total. The highest BCUT2D eigenvalue weighted by atomic mass is 127. The number of nitrogens with one attached hydrogen (secondary N) is 1. The van der Waals surface area contributed by atoms with Gasteiger partial charge < -0.3 is 10.2 Å². The van der Waals surface area contributed by atoms with Crippen molar-refractivity contribution in [1.82, 2.24) is 10.2 Å². The van der Waals surface area contributed by atoms with Crippen molar-refractivity contribution in [3.8, 4) is 0 Å². The van der Waals surface area contributed by atoms with Crippen molar-refractivity contribution < 1.29 is 0 Å². The van der Waals surface area contributed by atoms with Gasteiger partial charge in [-0.15, -0.1) is 24.0 Å². The summed E-state index contributed by atoms with van der Waals surface area (Å²) in [6, 6.07) is 11.0. The van der Waals surface area contributed by atoms with Crippen LogP contribution in [0.15, 0.2) is 35.3 Å². The molecule has 1 saturated carbocycles. The summed E-state index contributed by atoms with van der Waals surface area (Å²) in [5, 5.41) is 3.56. The highest BCUT2D eigenvalue weighted by molar-refractivity contribution is 14.0. The van der Waals surface area contributed by atoms with Gasteiger partial charge in [-0.2, -0.15) is 0 Å². The molecular weight excluding hydrogens is 397 g/mol. The Morgan fingerprint density at radius 3 is 2.57 bits per heavy atom. The van der Waals surface area contributed by atoms with Gasteiger partial charge in [0, 0.05) is 26.7 Å². The molecule has 1 saturated heterocycles. The van der Waals surface area contributed by atoms with E-state index in [1.54, 1.807) is 0 Å². The van der Waals surface area contributed by atoms with E-state index in [2.05, 4.69) is 52.5 Å². The summed E-state index contributed by atoms with van der Waals surface area (Å²) < 4.78 is 0. The minimum Gasteiger partial charge on any atom is -0.356 e. The van der Waals surface area contributed by atoms with Gasteiger partial charge in [0.15, 0.2) is 5.96 Å². The molecule has 3 rings (SSSR count). The number of halogens is 1. The molecular formula is C19H30IN3. The molecule has 1 heterocycles. The van der Waals surface area contributed by atoms with E-state index >= 15 is 0 Å². The molecule has 2 fully saturated rings. The third-order valence-electron chi connectivity index (χ3n) is 5.18. The van der Waals surface area contributed by atoms with E-state index in [0.29, 0.717) is 11.8 Å². The number of likely N-dealkylation sites (tertiary alicyclic amines) is 1. The second-order valence-corrected chi connectivity index (χ2v) is 6.94. The van der Waals surface area contributed by atoms with Crippen LogP contribution in [0.1, 0.15) is 44.1 Å². The van der Waals surface area contributed by atoms with Crippen molar-refractivity contribution in [3.63, 3.8) is 0 Å². The third-order valence-corrected chi connectivity index (χ3v) is 5.18. The Kier molecular flexibility index (Phi) is 7.18. The van der Waals surface area contributed by atoms with Gasteiger partial charge in [0.25, 0.3) is 0 Å². The van der Waals surface area contributed by atoms with Crippen LogP contribution in [0.5, 0.6) is 0 Å². The van der Waals surface area contributed by atoms with Crippen LogP contribution >= 0.6 is 24.0 Å². The molecule has 1 aliphatic carbocycles. The van der Waals surface area contributed by atoms with Crippen LogP contribution in [-0.4, -0.2) is 37.5 Å². The molecule has 0 amide bonds. The molecule has 2 aliphatic rings. The van der Waals surface area contributed by atoms with Crippen LogP contribution in [0.4, 0.5) is 0 Å². The highest BCUT2D eigenvalue weighted by Gasteiger charge is 2.28. The van der Waals surface area contributed by atoms with Gasteiger partial charge in [0.1, 0.15) is 0 Å². The van der Waals surface area contributed by atoms with Crippen molar-refractivity contribution >= 4 is 29.9 Å². The van der Waals surface area contributed by atoms with E-state index in [1.165, 1.54) is 31.2 Å². The lowest BCUT2D eigenvalue weighted by molar-refractivity contribution is 0.234. The van der Waals surface area contributed by atoms with Crippen LogP contribution in [0, 0.1) is 11.8 Å². The molecule has 4 heteroatoms. The predicted molar refractivity (Wildman–Crippen MR) is 109 cm³/mol. The summed E-state index contributed by atoms with van der Waals surface area (Å²) in [5.74, 6) is 3.42. The van der Waals surface area contributed by atoms with Crippen LogP contribution in [0.25, 0.3) is 0 Å². The zero-order chi connectivity index (χ0) is 15.4. The summed E-state index contributed by atoms with van der Waals surface area (Å²) in [7, 11) is 1.91. The average molecular weight is 427 g/mol. The number of rotatable bonds is 4. The zero-order valence-electron chi connectivity index (χ0n) is 14.4. The van der Waals surface area contributed by atoms with Gasteiger partial charge in [-0.1, -0.05) is 50.1 Å². The topological polar surface area (TPSA) is 27.6 Å². The van der Waals surface area contributed by atoms with E-state index in [0.717, 1.165) is 31.5 Å². The largest absolute Gasteiger partial charge is 0.356 e. The Morgan fingerprint density at radius 1 is 1.22 bits per heavy atom. The van der Waals surface area contributed by atoms with Crippen LogP contribution in [0.3, 0.4) is 0 Å². The normalized spacial score (nSPS) is 25.0. The Bertz CT molecular complexity index is 499. The summed E-state index contributed by atoms with van der Waals surface area (Å²) in [6.07, 6.45) is 5.38. The van der Waals surface area contributed by atoms with E-state index < -0.39 is 0 Å². The van der Waals surface area contributed by atoms with Gasteiger partial charge in [-0.3, -0.25) is 4.99 Å². The smallest absolute Gasteiger partial charge is 0.193 e. The summed E-state index contributed by atoms with van der Waals surface area (Å²) in [5.41, 5.74) is 1.49. The third kappa shape index (κ3) is 5.10. The van der Waals surface area contributed by atoms with Crippen LogP contribution in [-0.2, 0) is 0 Å². The molecule has 0 bridgehead atoms. The Morgan fingerprint density at radius 2 is 1.96 bits per heavy atom. The lowest BCUT2D eigenvalue weighted by atomic mass is 9.82. The highest BCUT2D eigenvalue weighted by Crippen LogP contribution is 2.33. The number of hydrogen-bond donors (Lipinski definition) is 1. The van der Waals surface area contributed by atoms with E-state index in [4.69, 9.17) is 0 Å². The Balaban J connectivity index is 0.00000192. The molecule has 2 atom stereocenters. The minimum atomic E-state index is 0. The molecule has 128 valence electrons. The van der Waals surface area contributed by atoms with Gasteiger partial charge in [-0.25, -0.2) is 0 Å². The number of piperidine rings is 1. The molecule has 0 radical (unpaired) electrons. The number of nitrogens with zero attached hydrogens (tertiary/aromatic N) is 2. The number of aliphatic imine (C=N–C) groups is 1. The number of guanidine groups is 1. The first-order valence-electron chi connectivity index (χ1n) is 8.78. The molecule has 2 unspecified atom stereocenters. The van der Waals surface area contributed by atoms with Crippen LogP contribution in [0.2, 0.25) is 0 Å². The molecule has 0 spiro atoms. The summed E-state index contributed by atoms with van der Waals surface area (Å²) in [6.45, 7) is 5.65. The van der Waals surface area contributed by atoms with Gasteiger partial charge in [-0.05, 0) is 36.2 Å². The SMILES string of the molecule is CN=C(NCCC1CC1)N1CCC(c2ccccc2)C(C)C1.I. The number of hydrogen-bond acceptors (Lipinski definition) is 1. The molecule has 23 heavy (non-hydrogen) atoms. The molecule has 1 aliphatic heterocycles. The van der Waals surface area contributed by atoms with Crippen molar-refractivity contribution in [2.75, 3.05) is 26.7 Å². The van der Waals surface area contributed by atoms with E-state index in [-0.39, 0.29) is 24.0 Å². The van der Waals surface area contributed by atoms with Gasteiger partial charge >= 0.3 is 0 Å². The fourth-order valence-electron chi connectivity index (χ4n) is 3.66. The predicted octanol–water partition coefficient (Wildman–Crippen LogP) is 4.11. The summed E-state index contributed by atoms with van der Waals surface area (Å²) >= 11 is 0. The fourth-order valence-corrected chi connectivity index (χ4v) is 3.66. The van der Waals surface area contributed by atoms with Crippen molar-refractivity contribution in [2.24, 2.45) is 16.8 Å². The fraction of sp³-hybridized carbons (Fsp3) is 0.632. The maximum atomic E-state index is 4.49. The quantitative estimate of drug-likeness (QED) is 0.445. The molecule has 0 aromatic heterocycles. The first-order chi connectivity index (χ1) is 10.8. The molecule has 1 aromatic carbocycles. The monoisotopic (exact) mass is 427 g/mol. The van der Waals surface area contributed by atoms with Crippen molar-refractivity contribution in [2.45, 2.75) is 38.5 Å². The average Bonchev–Trinajstić information content (AvgIpc) is 3.37. The lowest BCUT2D eigenvalue weighted by Crippen LogP contribution is -2.48. The second-order valence-electron chi connectivity index (χ2n) is 6.94. The maximum absolute atomic E-state index is 4.49. The Labute approximate surface area is 158 Å². The standard InChI is InChI=1S/C19H29N3.HI/c1-15-14-22(19(20-2)21-12-10-16-8-9-16)13-11-18(15)17-6-4-3-5-7-17;/h3-7,15-16,18H,8-14H2,1-2H3,(H,20,21);1H. The Hall–Kier alpha value is -0.780.